The lowest BCUT2D eigenvalue weighted by molar-refractivity contribution is 0.410. The lowest BCUT2D eigenvalue weighted by Gasteiger charge is -2.08. The minimum atomic E-state index is 0.290. The zero-order valence-electron chi connectivity index (χ0n) is 11.1. The Morgan fingerprint density at radius 1 is 1.42 bits per heavy atom. The Morgan fingerprint density at radius 3 is 2.95 bits per heavy atom. The average Bonchev–Trinajstić information content (AvgIpc) is 2.82. The predicted molar refractivity (Wildman–Crippen MR) is 76.9 cm³/mol. The minimum Gasteiger partial charge on any atom is -0.508 e. The van der Waals surface area contributed by atoms with Crippen LogP contribution >= 0.6 is 11.3 Å². The Morgan fingerprint density at radius 2 is 2.26 bits per heavy atom. The minimum absolute atomic E-state index is 0.290. The van der Waals surface area contributed by atoms with Gasteiger partial charge < -0.3 is 15.2 Å². The Hall–Kier alpha value is -1.59. The highest BCUT2D eigenvalue weighted by molar-refractivity contribution is 7.09. The number of benzene rings is 1. The van der Waals surface area contributed by atoms with Crippen molar-refractivity contribution in [2.24, 2.45) is 0 Å². The molecule has 5 heteroatoms. The molecule has 2 rings (SSSR count). The van der Waals surface area contributed by atoms with Crippen molar-refractivity contribution in [3.05, 3.63) is 39.8 Å². The van der Waals surface area contributed by atoms with Gasteiger partial charge in [0.25, 0.3) is 0 Å². The van der Waals surface area contributed by atoms with Crippen LogP contribution in [0.25, 0.3) is 0 Å². The summed E-state index contributed by atoms with van der Waals surface area (Å²) >= 11 is 1.67. The molecule has 0 aliphatic heterocycles. The van der Waals surface area contributed by atoms with Gasteiger partial charge in [0.1, 0.15) is 11.5 Å². The SMILES string of the molecule is COc1ccc(O)c(CNCCc2csc(C)n2)c1. The summed E-state index contributed by atoms with van der Waals surface area (Å²) in [5, 5.41) is 16.2. The molecule has 102 valence electrons. The number of phenolic OH excluding ortho intramolecular Hbond substituents is 1. The zero-order chi connectivity index (χ0) is 13.7. The van der Waals surface area contributed by atoms with Gasteiger partial charge in [-0.3, -0.25) is 0 Å². The summed E-state index contributed by atoms with van der Waals surface area (Å²) in [6, 6.07) is 5.24. The fraction of sp³-hybridized carbons (Fsp3) is 0.357. The molecule has 2 aromatic rings. The van der Waals surface area contributed by atoms with Gasteiger partial charge in [0, 0.05) is 30.5 Å². The summed E-state index contributed by atoms with van der Waals surface area (Å²) in [4.78, 5) is 4.41. The highest BCUT2D eigenvalue weighted by Gasteiger charge is 2.03. The number of rotatable bonds is 6. The molecule has 0 unspecified atom stereocenters. The van der Waals surface area contributed by atoms with Crippen LogP contribution < -0.4 is 10.1 Å². The molecule has 4 nitrogen and oxygen atoms in total. The van der Waals surface area contributed by atoms with Crippen molar-refractivity contribution in [1.29, 1.82) is 0 Å². The number of hydrogen-bond acceptors (Lipinski definition) is 5. The Balaban J connectivity index is 1.82. The molecular formula is C14H18N2O2S. The van der Waals surface area contributed by atoms with E-state index < -0.39 is 0 Å². The van der Waals surface area contributed by atoms with Crippen molar-refractivity contribution < 1.29 is 9.84 Å². The number of methoxy groups -OCH3 is 1. The van der Waals surface area contributed by atoms with Crippen molar-refractivity contribution in [2.75, 3.05) is 13.7 Å². The second-order valence-electron chi connectivity index (χ2n) is 4.28. The van der Waals surface area contributed by atoms with Crippen molar-refractivity contribution in [3.8, 4) is 11.5 Å². The van der Waals surface area contributed by atoms with Crippen LogP contribution in [0, 0.1) is 6.92 Å². The third kappa shape index (κ3) is 3.94. The number of aromatic hydroxyl groups is 1. The van der Waals surface area contributed by atoms with Gasteiger partial charge in [-0.25, -0.2) is 4.98 Å². The summed E-state index contributed by atoms with van der Waals surface area (Å²) in [6.45, 7) is 3.46. The standard InChI is InChI=1S/C14H18N2O2S/c1-10-16-12(9-19-10)5-6-15-8-11-7-13(18-2)3-4-14(11)17/h3-4,7,9,15,17H,5-6,8H2,1-2H3. The number of nitrogens with one attached hydrogen (secondary N) is 1. The number of ether oxygens (including phenoxy) is 1. The van der Waals surface area contributed by atoms with Crippen LogP contribution in [-0.4, -0.2) is 23.7 Å². The van der Waals surface area contributed by atoms with Gasteiger partial charge in [0.05, 0.1) is 17.8 Å². The van der Waals surface area contributed by atoms with E-state index >= 15 is 0 Å². The van der Waals surface area contributed by atoms with Crippen LogP contribution in [0.4, 0.5) is 0 Å². The summed E-state index contributed by atoms with van der Waals surface area (Å²) in [6.07, 6.45) is 0.898. The van der Waals surface area contributed by atoms with E-state index in [4.69, 9.17) is 4.74 Å². The van der Waals surface area contributed by atoms with E-state index in [0.29, 0.717) is 6.54 Å². The normalized spacial score (nSPS) is 10.6. The third-order valence-electron chi connectivity index (χ3n) is 2.83. The second-order valence-corrected chi connectivity index (χ2v) is 5.34. The van der Waals surface area contributed by atoms with Crippen LogP contribution in [0.1, 0.15) is 16.3 Å². The van der Waals surface area contributed by atoms with Gasteiger partial charge in [-0.15, -0.1) is 11.3 Å². The van der Waals surface area contributed by atoms with Crippen LogP contribution in [-0.2, 0) is 13.0 Å². The monoisotopic (exact) mass is 278 g/mol. The van der Waals surface area contributed by atoms with Gasteiger partial charge in [0.15, 0.2) is 0 Å². The number of hydrogen-bond donors (Lipinski definition) is 2. The van der Waals surface area contributed by atoms with Crippen LogP contribution in [0.2, 0.25) is 0 Å². The highest BCUT2D eigenvalue weighted by atomic mass is 32.1. The van der Waals surface area contributed by atoms with Crippen LogP contribution in [0.5, 0.6) is 11.5 Å². The molecule has 0 bridgehead atoms. The summed E-state index contributed by atoms with van der Waals surface area (Å²) < 4.78 is 5.14. The molecule has 0 aliphatic rings. The Bertz CT molecular complexity index is 540. The lowest BCUT2D eigenvalue weighted by atomic mass is 10.2. The third-order valence-corrected chi connectivity index (χ3v) is 3.65. The number of aryl methyl sites for hydroxylation is 1. The topological polar surface area (TPSA) is 54.4 Å². The highest BCUT2D eigenvalue weighted by Crippen LogP contribution is 2.22. The molecule has 0 radical (unpaired) electrons. The van der Waals surface area contributed by atoms with Gasteiger partial charge in [-0.1, -0.05) is 0 Å². The van der Waals surface area contributed by atoms with E-state index in [1.165, 1.54) is 0 Å². The summed E-state index contributed by atoms with van der Waals surface area (Å²) in [7, 11) is 1.62. The van der Waals surface area contributed by atoms with E-state index in [-0.39, 0.29) is 5.75 Å². The molecule has 1 heterocycles. The first-order chi connectivity index (χ1) is 9.19. The second kappa shape index (κ2) is 6.54. The number of thiazole rings is 1. The molecular weight excluding hydrogens is 260 g/mol. The Kier molecular flexibility index (Phi) is 4.76. The maximum absolute atomic E-state index is 9.74. The molecule has 0 fully saturated rings. The fourth-order valence-electron chi connectivity index (χ4n) is 1.79. The molecule has 0 aliphatic carbocycles. The number of phenols is 1. The molecule has 0 spiro atoms. The van der Waals surface area contributed by atoms with E-state index in [0.717, 1.165) is 35.0 Å². The molecule has 0 saturated carbocycles. The predicted octanol–water partition coefficient (Wildman–Crippen LogP) is 2.50. The van der Waals surface area contributed by atoms with Crippen molar-refractivity contribution in [2.45, 2.75) is 19.9 Å². The summed E-state index contributed by atoms with van der Waals surface area (Å²) in [5.41, 5.74) is 1.96. The first-order valence-corrected chi connectivity index (χ1v) is 7.04. The lowest BCUT2D eigenvalue weighted by Crippen LogP contribution is -2.17. The average molecular weight is 278 g/mol. The summed E-state index contributed by atoms with van der Waals surface area (Å²) in [5.74, 6) is 1.04. The smallest absolute Gasteiger partial charge is 0.120 e. The van der Waals surface area contributed by atoms with E-state index in [1.54, 1.807) is 30.6 Å². The van der Waals surface area contributed by atoms with Gasteiger partial charge in [-0.2, -0.15) is 0 Å². The quantitative estimate of drug-likeness (QED) is 0.797. The molecule has 2 N–H and O–H groups in total. The molecule has 0 amide bonds. The maximum Gasteiger partial charge on any atom is 0.120 e. The van der Waals surface area contributed by atoms with Gasteiger partial charge >= 0.3 is 0 Å². The maximum atomic E-state index is 9.74. The van der Waals surface area contributed by atoms with Crippen LogP contribution in [0.3, 0.4) is 0 Å². The van der Waals surface area contributed by atoms with Crippen molar-refractivity contribution >= 4 is 11.3 Å². The zero-order valence-corrected chi connectivity index (χ0v) is 12.0. The molecule has 0 saturated heterocycles. The number of nitrogens with zero attached hydrogens (tertiary/aromatic N) is 1. The Labute approximate surface area is 117 Å². The molecule has 1 aromatic heterocycles. The fourth-order valence-corrected chi connectivity index (χ4v) is 2.44. The van der Waals surface area contributed by atoms with Gasteiger partial charge in [0.2, 0.25) is 0 Å². The largest absolute Gasteiger partial charge is 0.508 e. The van der Waals surface area contributed by atoms with Crippen molar-refractivity contribution in [3.63, 3.8) is 0 Å². The molecule has 19 heavy (non-hydrogen) atoms. The van der Waals surface area contributed by atoms with Crippen molar-refractivity contribution in [1.82, 2.24) is 10.3 Å². The number of aromatic nitrogens is 1. The van der Waals surface area contributed by atoms with Crippen LogP contribution in [0.15, 0.2) is 23.6 Å². The van der Waals surface area contributed by atoms with E-state index in [1.807, 2.05) is 13.0 Å². The van der Waals surface area contributed by atoms with Gasteiger partial charge in [-0.05, 0) is 25.1 Å². The van der Waals surface area contributed by atoms with E-state index in [9.17, 15) is 5.11 Å². The van der Waals surface area contributed by atoms with E-state index in [2.05, 4.69) is 15.7 Å². The molecule has 0 atom stereocenters. The molecule has 1 aromatic carbocycles. The first kappa shape index (κ1) is 13.8. The first-order valence-electron chi connectivity index (χ1n) is 6.16.